The Labute approximate surface area is 114 Å². The average molecular weight is 266 g/mol. The van der Waals surface area contributed by atoms with Gasteiger partial charge in [0.25, 0.3) is 0 Å². The Morgan fingerprint density at radius 2 is 1.74 bits per heavy atom. The number of rotatable bonds is 7. The first-order valence-corrected chi connectivity index (χ1v) is 6.43. The first-order chi connectivity index (χ1) is 9.10. The van der Waals surface area contributed by atoms with Gasteiger partial charge >= 0.3 is 0 Å². The summed E-state index contributed by atoms with van der Waals surface area (Å²) in [5.41, 5.74) is 0.543. The number of carbonyl (C=O) groups is 1. The van der Waals surface area contributed by atoms with E-state index in [1.807, 2.05) is 6.92 Å². The van der Waals surface area contributed by atoms with Crippen LogP contribution < -0.4 is 14.2 Å². The van der Waals surface area contributed by atoms with Gasteiger partial charge in [-0.25, -0.2) is 0 Å². The number of methoxy groups -OCH3 is 3. The van der Waals surface area contributed by atoms with Crippen LogP contribution in [0.25, 0.3) is 0 Å². The topological polar surface area (TPSA) is 44.8 Å². The van der Waals surface area contributed by atoms with E-state index in [2.05, 4.69) is 6.92 Å². The molecule has 19 heavy (non-hydrogen) atoms. The zero-order valence-corrected chi connectivity index (χ0v) is 12.3. The monoisotopic (exact) mass is 266 g/mol. The van der Waals surface area contributed by atoms with Crippen LogP contribution in [0.1, 0.15) is 37.0 Å². The van der Waals surface area contributed by atoms with Gasteiger partial charge in [-0.05, 0) is 18.6 Å². The Bertz CT molecular complexity index is 440. The van der Waals surface area contributed by atoms with Gasteiger partial charge in [0.1, 0.15) is 0 Å². The summed E-state index contributed by atoms with van der Waals surface area (Å²) in [6.07, 6.45) is 1.83. The summed E-state index contributed by atoms with van der Waals surface area (Å²) in [6, 6.07) is 3.46. The molecule has 0 bridgehead atoms. The van der Waals surface area contributed by atoms with Gasteiger partial charge < -0.3 is 14.2 Å². The second-order valence-electron chi connectivity index (χ2n) is 4.44. The highest BCUT2D eigenvalue weighted by molar-refractivity contribution is 6.01. The summed E-state index contributed by atoms with van der Waals surface area (Å²) in [6.45, 7) is 4.00. The van der Waals surface area contributed by atoms with Crippen molar-refractivity contribution in [3.8, 4) is 17.2 Å². The molecule has 0 amide bonds. The summed E-state index contributed by atoms with van der Waals surface area (Å²) in [7, 11) is 4.61. The largest absolute Gasteiger partial charge is 0.493 e. The zero-order chi connectivity index (χ0) is 14.4. The van der Waals surface area contributed by atoms with Crippen LogP contribution in [-0.2, 0) is 0 Å². The van der Waals surface area contributed by atoms with Crippen LogP contribution in [0.2, 0.25) is 0 Å². The molecule has 0 aliphatic rings. The number of ketones is 1. The van der Waals surface area contributed by atoms with Crippen molar-refractivity contribution in [3.05, 3.63) is 17.7 Å². The van der Waals surface area contributed by atoms with Crippen molar-refractivity contribution in [2.24, 2.45) is 5.92 Å². The van der Waals surface area contributed by atoms with Gasteiger partial charge in [0.2, 0.25) is 5.75 Å². The maximum atomic E-state index is 12.4. The van der Waals surface area contributed by atoms with Gasteiger partial charge in [-0.1, -0.05) is 20.3 Å². The molecule has 0 aliphatic heterocycles. The molecule has 0 aromatic heterocycles. The van der Waals surface area contributed by atoms with E-state index < -0.39 is 0 Å². The van der Waals surface area contributed by atoms with E-state index in [9.17, 15) is 4.79 Å². The van der Waals surface area contributed by atoms with Gasteiger partial charge in [0, 0.05) is 5.92 Å². The van der Waals surface area contributed by atoms with E-state index in [-0.39, 0.29) is 11.7 Å². The van der Waals surface area contributed by atoms with E-state index in [1.165, 1.54) is 14.2 Å². The van der Waals surface area contributed by atoms with Crippen LogP contribution in [0, 0.1) is 5.92 Å². The van der Waals surface area contributed by atoms with Crippen LogP contribution in [0.5, 0.6) is 17.2 Å². The lowest BCUT2D eigenvalue weighted by Gasteiger charge is -2.17. The molecule has 1 atom stereocenters. The summed E-state index contributed by atoms with van der Waals surface area (Å²) >= 11 is 0. The van der Waals surface area contributed by atoms with Crippen LogP contribution in [0.3, 0.4) is 0 Å². The van der Waals surface area contributed by atoms with E-state index in [0.717, 1.165) is 12.8 Å². The number of hydrogen-bond acceptors (Lipinski definition) is 4. The van der Waals surface area contributed by atoms with Crippen LogP contribution >= 0.6 is 0 Å². The van der Waals surface area contributed by atoms with Crippen LogP contribution in [0.15, 0.2) is 12.1 Å². The van der Waals surface area contributed by atoms with Gasteiger partial charge in [-0.15, -0.1) is 0 Å². The van der Waals surface area contributed by atoms with Crippen molar-refractivity contribution in [1.29, 1.82) is 0 Å². The molecule has 1 aromatic carbocycles. The Kier molecular flexibility index (Phi) is 5.67. The molecular formula is C15H22O4. The number of Topliss-reactive ketones (excluding diaryl/α,β-unsaturated/α-hetero) is 1. The Balaban J connectivity index is 3.24. The smallest absolute Gasteiger partial charge is 0.204 e. The minimum atomic E-state index is -0.0306. The van der Waals surface area contributed by atoms with Gasteiger partial charge in [0.05, 0.1) is 26.9 Å². The molecule has 0 fully saturated rings. The molecule has 1 unspecified atom stereocenters. The highest BCUT2D eigenvalue weighted by atomic mass is 16.5. The van der Waals surface area contributed by atoms with Gasteiger partial charge in [0.15, 0.2) is 17.3 Å². The second kappa shape index (κ2) is 7.02. The lowest BCUT2D eigenvalue weighted by Crippen LogP contribution is -2.13. The van der Waals surface area contributed by atoms with Gasteiger partial charge in [-0.2, -0.15) is 0 Å². The van der Waals surface area contributed by atoms with Crippen molar-refractivity contribution >= 4 is 5.78 Å². The molecule has 1 rings (SSSR count). The van der Waals surface area contributed by atoms with Crippen LogP contribution in [0.4, 0.5) is 0 Å². The van der Waals surface area contributed by atoms with E-state index in [0.29, 0.717) is 22.8 Å². The normalized spacial score (nSPS) is 11.8. The molecule has 106 valence electrons. The fraction of sp³-hybridized carbons (Fsp3) is 0.533. The summed E-state index contributed by atoms with van der Waals surface area (Å²) in [5, 5.41) is 0. The average Bonchev–Trinajstić information content (AvgIpc) is 2.44. The second-order valence-corrected chi connectivity index (χ2v) is 4.44. The SMILES string of the molecule is CCCC(C)C(=O)c1ccc(OC)c(OC)c1OC. The summed E-state index contributed by atoms with van der Waals surface area (Å²) in [5.74, 6) is 1.49. The molecule has 0 N–H and O–H groups in total. The highest BCUT2D eigenvalue weighted by Gasteiger charge is 2.23. The fourth-order valence-corrected chi connectivity index (χ4v) is 2.12. The van der Waals surface area contributed by atoms with Crippen molar-refractivity contribution in [3.63, 3.8) is 0 Å². The molecule has 1 aromatic rings. The van der Waals surface area contributed by atoms with E-state index in [1.54, 1.807) is 19.2 Å². The molecule has 0 spiro atoms. The third-order valence-corrected chi connectivity index (χ3v) is 3.14. The molecule has 0 aliphatic carbocycles. The predicted octanol–water partition coefficient (Wildman–Crippen LogP) is 3.33. The first-order valence-electron chi connectivity index (χ1n) is 6.43. The van der Waals surface area contributed by atoms with Crippen molar-refractivity contribution in [2.75, 3.05) is 21.3 Å². The number of hydrogen-bond donors (Lipinski definition) is 0. The Morgan fingerprint density at radius 3 is 2.21 bits per heavy atom. The number of ether oxygens (including phenoxy) is 3. The molecule has 0 saturated heterocycles. The minimum absolute atomic E-state index is 0.0306. The Morgan fingerprint density at radius 1 is 1.11 bits per heavy atom. The molecular weight excluding hydrogens is 244 g/mol. The number of benzene rings is 1. The quantitative estimate of drug-likeness (QED) is 0.710. The molecule has 4 nitrogen and oxygen atoms in total. The summed E-state index contributed by atoms with van der Waals surface area (Å²) in [4.78, 5) is 12.4. The predicted molar refractivity (Wildman–Crippen MR) is 74.5 cm³/mol. The fourth-order valence-electron chi connectivity index (χ4n) is 2.12. The first kappa shape index (κ1) is 15.3. The van der Waals surface area contributed by atoms with Crippen molar-refractivity contribution in [2.45, 2.75) is 26.7 Å². The zero-order valence-electron chi connectivity index (χ0n) is 12.3. The molecule has 0 heterocycles. The highest BCUT2D eigenvalue weighted by Crippen LogP contribution is 2.40. The third-order valence-electron chi connectivity index (χ3n) is 3.14. The third kappa shape index (κ3) is 3.19. The lowest BCUT2D eigenvalue weighted by atomic mass is 9.94. The van der Waals surface area contributed by atoms with E-state index >= 15 is 0 Å². The lowest BCUT2D eigenvalue weighted by molar-refractivity contribution is 0.0919. The molecule has 0 radical (unpaired) electrons. The number of carbonyl (C=O) groups excluding carboxylic acids is 1. The summed E-state index contributed by atoms with van der Waals surface area (Å²) < 4.78 is 15.8. The van der Waals surface area contributed by atoms with Crippen LogP contribution in [-0.4, -0.2) is 27.1 Å². The Hall–Kier alpha value is -1.71. The standard InChI is InChI=1S/C15H22O4/c1-6-7-10(2)13(16)11-8-9-12(17-3)15(19-5)14(11)18-4/h8-10H,6-7H2,1-5H3. The van der Waals surface area contributed by atoms with Gasteiger partial charge in [-0.3, -0.25) is 4.79 Å². The maximum Gasteiger partial charge on any atom is 0.204 e. The maximum absolute atomic E-state index is 12.4. The molecule has 0 saturated carbocycles. The minimum Gasteiger partial charge on any atom is -0.493 e. The van der Waals surface area contributed by atoms with Crippen molar-refractivity contribution < 1.29 is 19.0 Å². The molecule has 4 heteroatoms. The van der Waals surface area contributed by atoms with E-state index in [4.69, 9.17) is 14.2 Å². The van der Waals surface area contributed by atoms with Crippen molar-refractivity contribution in [1.82, 2.24) is 0 Å².